The van der Waals surface area contributed by atoms with Gasteiger partial charge in [-0.25, -0.2) is 9.59 Å². The molecule has 6 nitrogen and oxygen atoms in total. The second-order valence-electron chi connectivity index (χ2n) is 4.92. The molecule has 6 heteroatoms. The molecule has 0 saturated carbocycles. The van der Waals surface area contributed by atoms with Crippen LogP contribution in [-0.2, 0) is 14.4 Å². The fourth-order valence-corrected chi connectivity index (χ4v) is 2.43. The van der Waals surface area contributed by atoms with Crippen LogP contribution in [0.4, 0.5) is 0 Å². The van der Waals surface area contributed by atoms with E-state index in [9.17, 15) is 9.59 Å². The predicted octanol–water partition coefficient (Wildman–Crippen LogP) is 3.65. The SMILES string of the molecule is CCOC(=O)c1ccccc1-c1cccc(OOC)c1C(=O)OCC. The lowest BCUT2D eigenvalue weighted by molar-refractivity contribution is -0.178. The van der Waals surface area contributed by atoms with Crippen LogP contribution in [0.25, 0.3) is 11.1 Å². The maximum absolute atomic E-state index is 12.5. The van der Waals surface area contributed by atoms with Crippen molar-refractivity contribution in [2.45, 2.75) is 13.8 Å². The summed E-state index contributed by atoms with van der Waals surface area (Å²) < 4.78 is 10.2. The van der Waals surface area contributed by atoms with E-state index in [1.165, 1.54) is 7.11 Å². The van der Waals surface area contributed by atoms with Crippen LogP contribution in [0, 0.1) is 0 Å². The fraction of sp³-hybridized carbons (Fsp3) is 0.263. The molecule has 0 N–H and O–H groups in total. The number of hydrogen-bond acceptors (Lipinski definition) is 6. The largest absolute Gasteiger partial charge is 0.462 e. The van der Waals surface area contributed by atoms with Crippen molar-refractivity contribution in [3.8, 4) is 16.9 Å². The van der Waals surface area contributed by atoms with Gasteiger partial charge in [0.2, 0.25) is 0 Å². The second kappa shape index (κ2) is 8.84. The normalized spacial score (nSPS) is 10.2. The van der Waals surface area contributed by atoms with Gasteiger partial charge in [-0.2, -0.15) is 4.89 Å². The molecule has 0 aromatic heterocycles. The maximum Gasteiger partial charge on any atom is 0.342 e. The summed E-state index contributed by atoms with van der Waals surface area (Å²) in [6.07, 6.45) is 0. The minimum Gasteiger partial charge on any atom is -0.462 e. The van der Waals surface area contributed by atoms with E-state index in [2.05, 4.69) is 0 Å². The number of hydrogen-bond donors (Lipinski definition) is 0. The highest BCUT2D eigenvalue weighted by molar-refractivity contribution is 6.04. The summed E-state index contributed by atoms with van der Waals surface area (Å²) in [5.74, 6) is -0.827. The van der Waals surface area contributed by atoms with Gasteiger partial charge < -0.3 is 14.4 Å². The van der Waals surface area contributed by atoms with Crippen molar-refractivity contribution in [3.63, 3.8) is 0 Å². The number of carbonyl (C=O) groups excluding carboxylic acids is 2. The summed E-state index contributed by atoms with van der Waals surface area (Å²) in [5.41, 5.74) is 1.58. The van der Waals surface area contributed by atoms with E-state index in [1.54, 1.807) is 56.3 Å². The Hall–Kier alpha value is -2.86. The molecule has 2 aromatic carbocycles. The van der Waals surface area contributed by atoms with Crippen molar-refractivity contribution in [1.82, 2.24) is 0 Å². The molecule has 0 aliphatic heterocycles. The van der Waals surface area contributed by atoms with Gasteiger partial charge in [-0.05, 0) is 31.5 Å². The van der Waals surface area contributed by atoms with Crippen molar-refractivity contribution in [1.29, 1.82) is 0 Å². The molecule has 0 aliphatic rings. The standard InChI is InChI=1S/C19H20O6/c1-4-23-18(20)15-10-7-6-9-13(15)14-11-8-12-16(25-22-3)17(14)19(21)24-5-2/h6-12H,4-5H2,1-3H3. The van der Waals surface area contributed by atoms with E-state index in [4.69, 9.17) is 19.2 Å². The van der Waals surface area contributed by atoms with E-state index in [0.29, 0.717) is 16.7 Å². The summed E-state index contributed by atoms with van der Waals surface area (Å²) >= 11 is 0. The van der Waals surface area contributed by atoms with E-state index < -0.39 is 11.9 Å². The molecule has 0 saturated heterocycles. The van der Waals surface area contributed by atoms with Gasteiger partial charge in [0.15, 0.2) is 5.75 Å². The zero-order valence-corrected chi connectivity index (χ0v) is 14.4. The Morgan fingerprint density at radius 2 is 1.48 bits per heavy atom. The van der Waals surface area contributed by atoms with Crippen molar-refractivity contribution in [2.24, 2.45) is 0 Å². The average Bonchev–Trinajstić information content (AvgIpc) is 2.62. The fourth-order valence-electron chi connectivity index (χ4n) is 2.43. The Balaban J connectivity index is 2.65. The van der Waals surface area contributed by atoms with Crippen molar-refractivity contribution >= 4 is 11.9 Å². The lowest BCUT2D eigenvalue weighted by Gasteiger charge is -2.15. The highest BCUT2D eigenvalue weighted by Crippen LogP contribution is 2.34. The maximum atomic E-state index is 12.5. The minimum atomic E-state index is -0.566. The van der Waals surface area contributed by atoms with Gasteiger partial charge >= 0.3 is 11.9 Å². The third kappa shape index (κ3) is 4.16. The molecule has 0 aliphatic carbocycles. The molecule has 0 spiro atoms. The molecule has 0 atom stereocenters. The van der Waals surface area contributed by atoms with Crippen LogP contribution in [0.1, 0.15) is 34.6 Å². The monoisotopic (exact) mass is 344 g/mol. The summed E-state index contributed by atoms with van der Waals surface area (Å²) in [6, 6.07) is 11.9. The lowest BCUT2D eigenvalue weighted by atomic mass is 9.94. The Labute approximate surface area is 146 Å². The average molecular weight is 344 g/mol. The predicted molar refractivity (Wildman–Crippen MR) is 91.4 cm³/mol. The highest BCUT2D eigenvalue weighted by Gasteiger charge is 2.23. The van der Waals surface area contributed by atoms with Crippen LogP contribution in [0.5, 0.6) is 5.75 Å². The first-order chi connectivity index (χ1) is 12.1. The van der Waals surface area contributed by atoms with Crippen LogP contribution in [0.3, 0.4) is 0 Å². The van der Waals surface area contributed by atoms with Crippen LogP contribution in [0.2, 0.25) is 0 Å². The number of rotatable bonds is 7. The minimum absolute atomic E-state index is 0.183. The van der Waals surface area contributed by atoms with Crippen LogP contribution in [0.15, 0.2) is 42.5 Å². The number of carbonyl (C=O) groups is 2. The van der Waals surface area contributed by atoms with Crippen LogP contribution < -0.4 is 4.89 Å². The molecule has 0 amide bonds. The summed E-state index contributed by atoms with van der Waals surface area (Å²) in [6.45, 7) is 3.91. The van der Waals surface area contributed by atoms with Gasteiger partial charge in [0.05, 0.1) is 25.9 Å². The van der Waals surface area contributed by atoms with Crippen molar-refractivity contribution in [3.05, 3.63) is 53.6 Å². The highest BCUT2D eigenvalue weighted by atomic mass is 17.2. The molecule has 0 radical (unpaired) electrons. The zero-order valence-electron chi connectivity index (χ0n) is 14.4. The van der Waals surface area contributed by atoms with Gasteiger partial charge in [0.25, 0.3) is 0 Å². The third-order valence-corrected chi connectivity index (χ3v) is 3.39. The summed E-state index contributed by atoms with van der Waals surface area (Å²) in [4.78, 5) is 34.5. The third-order valence-electron chi connectivity index (χ3n) is 3.39. The van der Waals surface area contributed by atoms with Gasteiger partial charge in [-0.3, -0.25) is 0 Å². The Bertz CT molecular complexity index is 753. The van der Waals surface area contributed by atoms with E-state index >= 15 is 0 Å². The Morgan fingerprint density at radius 3 is 2.16 bits per heavy atom. The first kappa shape index (κ1) is 18.5. The van der Waals surface area contributed by atoms with Gasteiger partial charge in [0, 0.05) is 5.56 Å². The van der Waals surface area contributed by atoms with Gasteiger partial charge in [0.1, 0.15) is 5.56 Å². The second-order valence-corrected chi connectivity index (χ2v) is 4.92. The van der Waals surface area contributed by atoms with Gasteiger partial charge in [-0.15, -0.1) is 0 Å². The quantitative estimate of drug-likeness (QED) is 0.434. The molecule has 25 heavy (non-hydrogen) atoms. The number of esters is 2. The first-order valence-corrected chi connectivity index (χ1v) is 7.91. The smallest absolute Gasteiger partial charge is 0.342 e. The Kier molecular flexibility index (Phi) is 6.54. The van der Waals surface area contributed by atoms with Crippen LogP contribution in [-0.4, -0.2) is 32.3 Å². The first-order valence-electron chi connectivity index (χ1n) is 7.91. The van der Waals surface area contributed by atoms with Gasteiger partial charge in [-0.1, -0.05) is 30.3 Å². The molecular formula is C19H20O6. The zero-order chi connectivity index (χ0) is 18.2. The molecule has 0 heterocycles. The number of benzene rings is 2. The molecule has 132 valence electrons. The van der Waals surface area contributed by atoms with Crippen molar-refractivity contribution < 1.29 is 28.8 Å². The molecule has 0 unspecified atom stereocenters. The summed E-state index contributed by atoms with van der Waals surface area (Å²) in [5, 5.41) is 0. The topological polar surface area (TPSA) is 71.1 Å². The molecule has 2 rings (SSSR count). The summed E-state index contributed by atoms with van der Waals surface area (Å²) in [7, 11) is 1.34. The van der Waals surface area contributed by atoms with E-state index in [0.717, 1.165) is 0 Å². The van der Waals surface area contributed by atoms with E-state index in [-0.39, 0.29) is 24.5 Å². The van der Waals surface area contributed by atoms with Crippen molar-refractivity contribution in [2.75, 3.05) is 20.3 Å². The molecule has 0 bridgehead atoms. The lowest BCUT2D eigenvalue weighted by Crippen LogP contribution is -2.11. The molecular weight excluding hydrogens is 324 g/mol. The molecule has 2 aromatic rings. The number of ether oxygens (including phenoxy) is 2. The van der Waals surface area contributed by atoms with E-state index in [1.807, 2.05) is 0 Å². The molecule has 0 fully saturated rings. The Morgan fingerprint density at radius 1 is 0.840 bits per heavy atom. The van der Waals surface area contributed by atoms with Crippen LogP contribution >= 0.6 is 0 Å².